The summed E-state index contributed by atoms with van der Waals surface area (Å²) in [5.41, 5.74) is 10.1. The maximum Gasteiger partial charge on any atom is 0.318 e. The zero-order valence-corrected chi connectivity index (χ0v) is 27.0. The Bertz CT molecular complexity index is 1230. The third kappa shape index (κ3) is 9.22. The average Bonchev–Trinajstić information content (AvgIpc) is 3.53. The Morgan fingerprint density at radius 1 is 1.00 bits per heavy atom. The number of nitrogens with one attached hydrogen (secondary N) is 1. The van der Waals surface area contributed by atoms with Gasteiger partial charge in [-0.3, -0.25) is 4.79 Å². The van der Waals surface area contributed by atoms with Crippen LogP contribution < -0.4 is 11.1 Å². The molecule has 2 fully saturated rings. The lowest BCUT2D eigenvalue weighted by Crippen LogP contribution is -2.54. The van der Waals surface area contributed by atoms with Gasteiger partial charge in [-0.1, -0.05) is 48.7 Å². The van der Waals surface area contributed by atoms with Crippen LogP contribution in [0.15, 0.2) is 36.4 Å². The van der Waals surface area contributed by atoms with Gasteiger partial charge in [0.15, 0.2) is 0 Å². The van der Waals surface area contributed by atoms with Crippen molar-refractivity contribution in [1.29, 1.82) is 0 Å². The Balaban J connectivity index is 1.45. The van der Waals surface area contributed by atoms with Crippen LogP contribution in [0.4, 0.5) is 14.9 Å². The van der Waals surface area contributed by atoms with E-state index in [1.807, 2.05) is 24.1 Å². The van der Waals surface area contributed by atoms with Gasteiger partial charge >= 0.3 is 6.03 Å². The number of urea groups is 1. The average molecular weight is 635 g/mol. The molecule has 0 unspecified atom stereocenters. The van der Waals surface area contributed by atoms with Gasteiger partial charge in [0.1, 0.15) is 12.7 Å². The molecule has 0 saturated carbocycles. The fraction of sp³-hybridized carbons (Fsp3) is 0.576. The number of likely N-dealkylation sites (tertiary alicyclic amines) is 2. The maximum atomic E-state index is 13.9. The number of piperidine rings is 1. The molecule has 7 nitrogen and oxygen atoms in total. The number of carbonyl (C=O) groups is 2. The molecule has 2 aliphatic heterocycles. The Labute approximate surface area is 265 Å². The maximum absolute atomic E-state index is 13.9. The van der Waals surface area contributed by atoms with E-state index in [1.165, 1.54) is 11.1 Å². The first-order chi connectivity index (χ1) is 20.7. The van der Waals surface area contributed by atoms with Crippen molar-refractivity contribution in [2.75, 3.05) is 58.7 Å². The molecule has 2 saturated heterocycles. The number of benzene rings is 2. The second-order valence-corrected chi connectivity index (χ2v) is 13.0. The van der Waals surface area contributed by atoms with E-state index < -0.39 is 6.04 Å². The summed E-state index contributed by atoms with van der Waals surface area (Å²) in [7, 11) is 1.97. The van der Waals surface area contributed by atoms with Gasteiger partial charge < -0.3 is 25.8 Å². The first-order valence-electron chi connectivity index (χ1n) is 15.6. The predicted octanol–water partition coefficient (Wildman–Crippen LogP) is 6.17. The van der Waals surface area contributed by atoms with E-state index in [0.29, 0.717) is 61.7 Å². The quantitative estimate of drug-likeness (QED) is 0.274. The van der Waals surface area contributed by atoms with Gasteiger partial charge in [-0.2, -0.15) is 0 Å². The summed E-state index contributed by atoms with van der Waals surface area (Å²) in [5.74, 6) is 0.622. The van der Waals surface area contributed by atoms with Crippen molar-refractivity contribution in [1.82, 2.24) is 20.0 Å². The van der Waals surface area contributed by atoms with Crippen LogP contribution in [-0.4, -0.2) is 85.7 Å². The number of nitrogens with two attached hydrogens (primary N) is 1. The highest BCUT2D eigenvalue weighted by atomic mass is 35.5. The van der Waals surface area contributed by atoms with Gasteiger partial charge in [-0.25, -0.2) is 9.18 Å². The van der Waals surface area contributed by atoms with Gasteiger partial charge in [0.25, 0.3) is 0 Å². The van der Waals surface area contributed by atoms with Crippen LogP contribution in [0.3, 0.4) is 0 Å². The van der Waals surface area contributed by atoms with Crippen LogP contribution >= 0.6 is 23.2 Å². The van der Waals surface area contributed by atoms with Gasteiger partial charge in [0, 0.05) is 61.4 Å². The van der Waals surface area contributed by atoms with Crippen LogP contribution in [0, 0.1) is 5.92 Å². The van der Waals surface area contributed by atoms with E-state index in [-0.39, 0.29) is 18.6 Å². The highest BCUT2D eigenvalue weighted by molar-refractivity contribution is 6.31. The molecular weight excluding hydrogens is 588 g/mol. The molecular formula is C33H46Cl2FN5O2. The summed E-state index contributed by atoms with van der Waals surface area (Å²) in [6, 6.07) is 10.5. The molecule has 4 rings (SSSR count). The minimum absolute atomic E-state index is 0.0846. The molecule has 0 bridgehead atoms. The molecule has 2 heterocycles. The van der Waals surface area contributed by atoms with E-state index in [0.717, 1.165) is 55.7 Å². The first-order valence-corrected chi connectivity index (χ1v) is 16.3. The minimum Gasteiger partial charge on any atom is -0.398 e. The van der Waals surface area contributed by atoms with Crippen molar-refractivity contribution in [3.8, 4) is 0 Å². The van der Waals surface area contributed by atoms with Crippen LogP contribution in [-0.2, 0) is 17.6 Å². The Morgan fingerprint density at radius 3 is 2.33 bits per heavy atom. The largest absolute Gasteiger partial charge is 0.398 e. The van der Waals surface area contributed by atoms with Crippen molar-refractivity contribution >= 4 is 40.8 Å². The highest BCUT2D eigenvalue weighted by Gasteiger charge is 2.32. The number of carbonyl (C=O) groups excluding carboxylic acids is 2. The van der Waals surface area contributed by atoms with E-state index in [1.54, 1.807) is 17.0 Å². The Kier molecular flexibility index (Phi) is 12.4. The van der Waals surface area contributed by atoms with E-state index in [9.17, 15) is 14.0 Å². The summed E-state index contributed by atoms with van der Waals surface area (Å²) in [5, 5.41) is 4.27. The molecule has 10 heteroatoms. The number of halogens is 3. The zero-order valence-electron chi connectivity index (χ0n) is 25.5. The van der Waals surface area contributed by atoms with Crippen molar-refractivity contribution < 1.29 is 14.0 Å². The number of hydrogen-bond acceptors (Lipinski definition) is 4. The lowest BCUT2D eigenvalue weighted by atomic mass is 9.83. The molecule has 0 aliphatic carbocycles. The molecule has 0 spiro atoms. The normalized spacial score (nSPS) is 17.3. The van der Waals surface area contributed by atoms with Crippen molar-refractivity contribution in [3.63, 3.8) is 0 Å². The highest BCUT2D eigenvalue weighted by Crippen LogP contribution is 2.34. The number of rotatable bonds is 12. The summed E-state index contributed by atoms with van der Waals surface area (Å²) >= 11 is 12.6. The third-order valence-electron chi connectivity index (χ3n) is 8.99. The van der Waals surface area contributed by atoms with Crippen LogP contribution in [0.5, 0.6) is 0 Å². The Morgan fingerprint density at radius 2 is 1.67 bits per heavy atom. The molecule has 2 aromatic carbocycles. The van der Waals surface area contributed by atoms with Crippen LogP contribution in [0.2, 0.25) is 10.0 Å². The van der Waals surface area contributed by atoms with Crippen molar-refractivity contribution in [2.24, 2.45) is 5.92 Å². The molecule has 236 valence electrons. The Hall–Kier alpha value is -2.55. The standard InChI is InChI=1S/C33H46Cl2FN5O2/c1-3-23(22-39(2)17-12-36)18-26-19-27(34)8-9-29(26)24-10-15-40(16-11-24)32(42)31(38-33(43)41-13-4-5-14-41)20-25-6-7-28(35)21-30(25)37/h6-9,19,21,23-24,31H,3-5,10-18,20,22,37H2,1-2H3,(H,38,43)/t23-,31+/m0/s1. The molecule has 2 aliphatic rings. The first kappa shape index (κ1) is 33.3. The number of nitrogen functional groups attached to an aromatic ring is 1. The zero-order chi connectivity index (χ0) is 30.9. The summed E-state index contributed by atoms with van der Waals surface area (Å²) in [6.45, 7) is 5.73. The number of alkyl halides is 1. The fourth-order valence-electron chi connectivity index (χ4n) is 6.44. The SMILES string of the molecule is CC[C@@H](Cc1cc(Cl)ccc1C1CCN(C(=O)[C@@H](Cc2ccc(Cl)cc2N)NC(=O)N2CCCC2)CC1)CN(C)CCF. The minimum atomic E-state index is -0.717. The number of hydrogen-bond donors (Lipinski definition) is 2. The summed E-state index contributed by atoms with van der Waals surface area (Å²) in [4.78, 5) is 32.7. The number of amides is 3. The number of nitrogens with zero attached hydrogens (tertiary/aromatic N) is 3. The van der Waals surface area contributed by atoms with Crippen molar-refractivity contribution in [3.05, 3.63) is 63.1 Å². The van der Waals surface area contributed by atoms with Gasteiger partial charge in [-0.15, -0.1) is 0 Å². The molecule has 43 heavy (non-hydrogen) atoms. The predicted molar refractivity (Wildman–Crippen MR) is 174 cm³/mol. The molecule has 0 aromatic heterocycles. The topological polar surface area (TPSA) is 81.9 Å². The second kappa shape index (κ2) is 16.0. The monoisotopic (exact) mass is 633 g/mol. The van der Waals surface area contributed by atoms with Gasteiger partial charge in [0.05, 0.1) is 0 Å². The lowest BCUT2D eigenvalue weighted by molar-refractivity contribution is -0.134. The van der Waals surface area contributed by atoms with Gasteiger partial charge in [-0.05, 0) is 91.9 Å². The van der Waals surface area contributed by atoms with Crippen molar-refractivity contribution in [2.45, 2.75) is 63.8 Å². The van der Waals surface area contributed by atoms with E-state index >= 15 is 0 Å². The van der Waals surface area contributed by atoms with E-state index in [2.05, 4.69) is 29.3 Å². The smallest absolute Gasteiger partial charge is 0.318 e. The number of anilines is 1. The third-order valence-corrected chi connectivity index (χ3v) is 9.46. The molecule has 3 N–H and O–H groups in total. The van der Waals surface area contributed by atoms with E-state index in [4.69, 9.17) is 28.9 Å². The molecule has 0 radical (unpaired) electrons. The molecule has 3 amide bonds. The molecule has 2 aromatic rings. The second-order valence-electron chi connectivity index (χ2n) is 12.1. The summed E-state index contributed by atoms with van der Waals surface area (Å²) < 4.78 is 12.9. The van der Waals surface area contributed by atoms with Gasteiger partial charge in [0.2, 0.25) is 5.91 Å². The lowest BCUT2D eigenvalue weighted by Gasteiger charge is -2.36. The molecule has 2 atom stereocenters. The van der Waals surface area contributed by atoms with Crippen LogP contribution in [0.25, 0.3) is 0 Å². The van der Waals surface area contributed by atoms with Crippen LogP contribution in [0.1, 0.15) is 61.6 Å². The fourth-order valence-corrected chi connectivity index (χ4v) is 6.81. The summed E-state index contributed by atoms with van der Waals surface area (Å²) in [6.07, 6.45) is 5.79.